The molecule has 0 spiro atoms. The molecule has 0 heterocycles. The van der Waals surface area contributed by atoms with Crippen molar-refractivity contribution in [2.75, 3.05) is 6.61 Å². The lowest BCUT2D eigenvalue weighted by Crippen LogP contribution is -2.39. The Kier molecular flexibility index (Phi) is 4.36. The molecule has 0 aromatic heterocycles. The standard InChI is InChI=1S/C9H13F3N2O/c10-9(11,12)6-15-14-8-4-2-1-3-7(8)5-13/h7-8,14H,1-4,6H2. The fourth-order valence-corrected chi connectivity index (χ4v) is 1.66. The van der Waals surface area contributed by atoms with Gasteiger partial charge in [0.25, 0.3) is 0 Å². The normalized spacial score (nSPS) is 27.3. The molecule has 3 nitrogen and oxygen atoms in total. The van der Waals surface area contributed by atoms with Crippen LogP contribution in [0.5, 0.6) is 0 Å². The fourth-order valence-electron chi connectivity index (χ4n) is 1.66. The maximum Gasteiger partial charge on any atom is 0.413 e. The summed E-state index contributed by atoms with van der Waals surface area (Å²) in [5.41, 5.74) is 2.34. The highest BCUT2D eigenvalue weighted by molar-refractivity contribution is 4.93. The summed E-state index contributed by atoms with van der Waals surface area (Å²) in [6.45, 7) is -1.32. The van der Waals surface area contributed by atoms with Gasteiger partial charge < -0.3 is 0 Å². The molecule has 0 bridgehead atoms. The Balaban J connectivity index is 2.27. The monoisotopic (exact) mass is 222 g/mol. The van der Waals surface area contributed by atoms with Gasteiger partial charge in [-0.3, -0.25) is 4.84 Å². The van der Waals surface area contributed by atoms with Crippen LogP contribution in [0, 0.1) is 17.2 Å². The maximum absolute atomic E-state index is 11.8. The van der Waals surface area contributed by atoms with E-state index >= 15 is 0 Å². The van der Waals surface area contributed by atoms with Gasteiger partial charge in [0.2, 0.25) is 0 Å². The molecule has 15 heavy (non-hydrogen) atoms. The Labute approximate surface area is 86.2 Å². The molecule has 86 valence electrons. The van der Waals surface area contributed by atoms with E-state index in [-0.39, 0.29) is 12.0 Å². The summed E-state index contributed by atoms with van der Waals surface area (Å²) < 4.78 is 35.3. The van der Waals surface area contributed by atoms with E-state index in [0.29, 0.717) is 6.42 Å². The molecule has 1 rings (SSSR count). The Morgan fingerprint density at radius 3 is 2.60 bits per heavy atom. The SMILES string of the molecule is N#CC1CCCCC1NOCC(F)(F)F. The highest BCUT2D eigenvalue weighted by Crippen LogP contribution is 2.24. The van der Waals surface area contributed by atoms with Crippen molar-refractivity contribution in [1.29, 1.82) is 5.26 Å². The molecule has 1 saturated carbocycles. The number of hydrogen-bond acceptors (Lipinski definition) is 3. The third kappa shape index (κ3) is 4.49. The molecule has 1 fully saturated rings. The molecule has 2 atom stereocenters. The molecule has 0 saturated heterocycles. The predicted octanol–water partition coefficient (Wildman–Crippen LogP) is 2.15. The van der Waals surface area contributed by atoms with E-state index in [1.165, 1.54) is 0 Å². The van der Waals surface area contributed by atoms with Crippen molar-refractivity contribution in [3.8, 4) is 6.07 Å². The lowest BCUT2D eigenvalue weighted by atomic mass is 9.86. The van der Waals surface area contributed by atoms with Gasteiger partial charge in [0, 0.05) is 6.04 Å². The van der Waals surface area contributed by atoms with E-state index in [2.05, 4.69) is 16.4 Å². The minimum absolute atomic E-state index is 0.244. The van der Waals surface area contributed by atoms with Gasteiger partial charge in [0.15, 0.2) is 6.61 Å². The van der Waals surface area contributed by atoms with Crippen molar-refractivity contribution in [3.63, 3.8) is 0 Å². The van der Waals surface area contributed by atoms with Crippen LogP contribution in [0.1, 0.15) is 25.7 Å². The van der Waals surface area contributed by atoms with Crippen molar-refractivity contribution in [2.45, 2.75) is 37.9 Å². The highest BCUT2D eigenvalue weighted by atomic mass is 19.4. The van der Waals surface area contributed by atoms with Crippen molar-refractivity contribution in [3.05, 3.63) is 0 Å². The van der Waals surface area contributed by atoms with E-state index in [0.717, 1.165) is 19.3 Å². The molecule has 0 aliphatic heterocycles. The van der Waals surface area contributed by atoms with Gasteiger partial charge >= 0.3 is 6.18 Å². The fraction of sp³-hybridized carbons (Fsp3) is 0.889. The number of nitrogens with one attached hydrogen (secondary N) is 1. The van der Waals surface area contributed by atoms with Gasteiger partial charge in [0.05, 0.1) is 12.0 Å². The van der Waals surface area contributed by atoms with Crippen molar-refractivity contribution < 1.29 is 18.0 Å². The van der Waals surface area contributed by atoms with Crippen molar-refractivity contribution >= 4 is 0 Å². The van der Waals surface area contributed by atoms with Gasteiger partial charge in [-0.25, -0.2) is 0 Å². The lowest BCUT2D eigenvalue weighted by molar-refractivity contribution is -0.194. The Bertz CT molecular complexity index is 236. The number of nitrogens with zero attached hydrogens (tertiary/aromatic N) is 1. The van der Waals surface area contributed by atoms with Crippen molar-refractivity contribution in [1.82, 2.24) is 5.48 Å². The highest BCUT2D eigenvalue weighted by Gasteiger charge is 2.30. The number of halogens is 3. The summed E-state index contributed by atoms with van der Waals surface area (Å²) >= 11 is 0. The first-order chi connectivity index (χ1) is 7.03. The zero-order valence-electron chi connectivity index (χ0n) is 8.18. The summed E-state index contributed by atoms with van der Waals surface area (Å²) in [6, 6.07) is 1.81. The van der Waals surface area contributed by atoms with Crippen LogP contribution in [0.25, 0.3) is 0 Å². The number of nitriles is 1. The van der Waals surface area contributed by atoms with Crippen LogP contribution >= 0.6 is 0 Å². The van der Waals surface area contributed by atoms with Crippen LogP contribution in [0.15, 0.2) is 0 Å². The van der Waals surface area contributed by atoms with Gasteiger partial charge in [-0.1, -0.05) is 12.8 Å². The molecule has 1 N–H and O–H groups in total. The van der Waals surface area contributed by atoms with Gasteiger partial charge in [-0.15, -0.1) is 0 Å². The lowest BCUT2D eigenvalue weighted by Gasteiger charge is -2.27. The minimum Gasteiger partial charge on any atom is -0.292 e. The average Bonchev–Trinajstić information content (AvgIpc) is 2.16. The second kappa shape index (κ2) is 5.33. The molecule has 0 amide bonds. The Morgan fingerprint density at radius 1 is 1.33 bits per heavy atom. The second-order valence-electron chi connectivity index (χ2n) is 3.65. The Hall–Kier alpha value is -0.800. The molecule has 6 heteroatoms. The molecule has 0 aromatic carbocycles. The molecule has 0 aromatic rings. The smallest absolute Gasteiger partial charge is 0.292 e. The number of hydrogen-bond donors (Lipinski definition) is 1. The second-order valence-corrected chi connectivity index (χ2v) is 3.65. The molecular formula is C9H13F3N2O. The maximum atomic E-state index is 11.8. The average molecular weight is 222 g/mol. The topological polar surface area (TPSA) is 45.0 Å². The largest absolute Gasteiger partial charge is 0.413 e. The summed E-state index contributed by atoms with van der Waals surface area (Å²) in [5, 5.41) is 8.75. The first-order valence-electron chi connectivity index (χ1n) is 4.86. The van der Waals surface area contributed by atoms with Gasteiger partial charge in [0.1, 0.15) is 0 Å². The van der Waals surface area contributed by atoms with E-state index < -0.39 is 12.8 Å². The first-order valence-corrected chi connectivity index (χ1v) is 4.86. The summed E-state index contributed by atoms with van der Waals surface area (Å²) in [5.74, 6) is -0.244. The van der Waals surface area contributed by atoms with Gasteiger partial charge in [-0.2, -0.15) is 23.9 Å². The number of rotatable bonds is 3. The third-order valence-corrected chi connectivity index (χ3v) is 2.40. The van der Waals surface area contributed by atoms with Crippen LogP contribution < -0.4 is 5.48 Å². The molecule has 1 aliphatic carbocycles. The Morgan fingerprint density at radius 2 is 2.00 bits per heavy atom. The molecule has 0 radical (unpaired) electrons. The number of alkyl halides is 3. The van der Waals surface area contributed by atoms with E-state index in [1.54, 1.807) is 0 Å². The summed E-state index contributed by atoms with van der Waals surface area (Å²) in [4.78, 5) is 4.34. The minimum atomic E-state index is -4.33. The van der Waals surface area contributed by atoms with Crippen LogP contribution in [0.4, 0.5) is 13.2 Å². The molecule has 2 unspecified atom stereocenters. The number of hydroxylamine groups is 1. The molecule has 1 aliphatic rings. The van der Waals surface area contributed by atoms with Crippen LogP contribution in [-0.4, -0.2) is 18.8 Å². The summed E-state index contributed by atoms with van der Waals surface area (Å²) in [6.07, 6.45) is -1.04. The summed E-state index contributed by atoms with van der Waals surface area (Å²) in [7, 11) is 0. The third-order valence-electron chi connectivity index (χ3n) is 2.40. The van der Waals surface area contributed by atoms with E-state index in [9.17, 15) is 13.2 Å². The predicted molar refractivity (Wildman–Crippen MR) is 46.5 cm³/mol. The zero-order valence-corrected chi connectivity index (χ0v) is 8.18. The molecular weight excluding hydrogens is 209 g/mol. The van der Waals surface area contributed by atoms with Crippen LogP contribution in [0.2, 0.25) is 0 Å². The first kappa shape index (κ1) is 12.3. The van der Waals surface area contributed by atoms with E-state index in [4.69, 9.17) is 5.26 Å². The van der Waals surface area contributed by atoms with Crippen LogP contribution in [0.3, 0.4) is 0 Å². The van der Waals surface area contributed by atoms with Crippen molar-refractivity contribution in [2.24, 2.45) is 5.92 Å². The van der Waals surface area contributed by atoms with Gasteiger partial charge in [-0.05, 0) is 12.8 Å². The van der Waals surface area contributed by atoms with Crippen LogP contribution in [-0.2, 0) is 4.84 Å². The van der Waals surface area contributed by atoms with E-state index in [1.807, 2.05) is 0 Å². The zero-order chi connectivity index (χ0) is 11.3. The quantitative estimate of drug-likeness (QED) is 0.744.